The van der Waals surface area contributed by atoms with Crippen LogP contribution in [0.3, 0.4) is 0 Å². The molecule has 1 N–H and O–H groups in total. The monoisotopic (exact) mass is 320 g/mol. The number of aliphatic hydroxyl groups excluding tert-OH is 1. The zero-order valence-corrected chi connectivity index (χ0v) is 14.1. The quantitative estimate of drug-likeness (QED) is 0.803. The average Bonchev–Trinajstić information content (AvgIpc) is 3.11. The predicted octanol–water partition coefficient (Wildman–Crippen LogP) is 4.79. The van der Waals surface area contributed by atoms with Crippen molar-refractivity contribution in [3.63, 3.8) is 0 Å². The number of ether oxygens (including phenoxy) is 1. The lowest BCUT2D eigenvalue weighted by atomic mass is 9.93. The van der Waals surface area contributed by atoms with E-state index in [0.717, 1.165) is 12.2 Å². The summed E-state index contributed by atoms with van der Waals surface area (Å²) in [5.41, 5.74) is 4.85. The minimum atomic E-state index is -0.451. The Balaban J connectivity index is 1.68. The number of rotatable bonds is 5. The van der Waals surface area contributed by atoms with Crippen LogP contribution in [0.1, 0.15) is 30.6 Å². The molecular formula is C22H24O2. The van der Waals surface area contributed by atoms with Crippen molar-refractivity contribution in [3.8, 4) is 0 Å². The first-order chi connectivity index (χ1) is 11.8. The minimum absolute atomic E-state index is 0.299. The average molecular weight is 320 g/mol. The first-order valence-electron chi connectivity index (χ1n) is 8.48. The fourth-order valence-corrected chi connectivity index (χ4v) is 3.12. The largest absolute Gasteiger partial charge is 0.388 e. The Labute approximate surface area is 144 Å². The van der Waals surface area contributed by atoms with Gasteiger partial charge in [0.2, 0.25) is 0 Å². The maximum absolute atomic E-state index is 10.3. The van der Waals surface area contributed by atoms with Crippen LogP contribution in [0.4, 0.5) is 0 Å². The summed E-state index contributed by atoms with van der Waals surface area (Å²) in [6.07, 6.45) is 4.43. The van der Waals surface area contributed by atoms with Crippen molar-refractivity contribution in [2.75, 3.05) is 13.2 Å². The van der Waals surface area contributed by atoms with Crippen LogP contribution < -0.4 is 0 Å². The topological polar surface area (TPSA) is 29.5 Å². The Morgan fingerprint density at radius 1 is 1.12 bits per heavy atom. The van der Waals surface area contributed by atoms with Gasteiger partial charge in [-0.15, -0.1) is 0 Å². The summed E-state index contributed by atoms with van der Waals surface area (Å²) in [7, 11) is 0. The summed E-state index contributed by atoms with van der Waals surface area (Å²) < 4.78 is 5.68. The maximum atomic E-state index is 10.3. The summed E-state index contributed by atoms with van der Waals surface area (Å²) in [6.45, 7) is 3.58. The van der Waals surface area contributed by atoms with Crippen molar-refractivity contribution in [2.45, 2.75) is 19.4 Å². The van der Waals surface area contributed by atoms with E-state index in [4.69, 9.17) is 4.74 Å². The Kier molecular flexibility index (Phi) is 5.63. The number of hydrogen-bond acceptors (Lipinski definition) is 2. The summed E-state index contributed by atoms with van der Waals surface area (Å²) >= 11 is 0. The van der Waals surface area contributed by atoms with Gasteiger partial charge in [0.15, 0.2) is 0 Å². The van der Waals surface area contributed by atoms with Crippen LogP contribution in [-0.2, 0) is 4.74 Å². The maximum Gasteiger partial charge on any atom is 0.0824 e. The molecule has 2 nitrogen and oxygen atoms in total. The second-order valence-corrected chi connectivity index (χ2v) is 6.23. The highest BCUT2D eigenvalue weighted by molar-refractivity contribution is 5.68. The summed E-state index contributed by atoms with van der Waals surface area (Å²) in [5, 5.41) is 10.3. The second-order valence-electron chi connectivity index (χ2n) is 6.23. The molecule has 24 heavy (non-hydrogen) atoms. The van der Waals surface area contributed by atoms with E-state index in [2.05, 4.69) is 43.3 Å². The Morgan fingerprint density at radius 3 is 2.50 bits per heavy atom. The third-order valence-electron chi connectivity index (χ3n) is 4.60. The molecule has 1 heterocycles. The molecule has 0 bridgehead atoms. The van der Waals surface area contributed by atoms with Gasteiger partial charge in [-0.1, -0.05) is 72.8 Å². The molecule has 0 aliphatic carbocycles. The molecule has 124 valence electrons. The van der Waals surface area contributed by atoms with E-state index in [9.17, 15) is 5.11 Å². The molecule has 0 spiro atoms. The highest BCUT2D eigenvalue weighted by atomic mass is 16.5. The first kappa shape index (κ1) is 16.7. The molecular weight excluding hydrogens is 296 g/mol. The Morgan fingerprint density at radius 2 is 1.79 bits per heavy atom. The fraction of sp³-hybridized carbons (Fsp3) is 0.273. The van der Waals surface area contributed by atoms with Crippen LogP contribution in [0.15, 0.2) is 78.4 Å². The van der Waals surface area contributed by atoms with E-state index in [0.29, 0.717) is 18.9 Å². The molecule has 0 aromatic heterocycles. The molecule has 2 aromatic carbocycles. The fourth-order valence-electron chi connectivity index (χ4n) is 3.12. The molecule has 3 rings (SSSR count). The zero-order valence-electron chi connectivity index (χ0n) is 14.1. The molecule has 0 amide bonds. The van der Waals surface area contributed by atoms with Gasteiger partial charge >= 0.3 is 0 Å². The van der Waals surface area contributed by atoms with E-state index in [-0.39, 0.29) is 0 Å². The van der Waals surface area contributed by atoms with Crippen molar-refractivity contribution in [1.82, 2.24) is 0 Å². The standard InChI is InChI=1S/C22H24O2/c1-17(18-9-4-2-5-10-18)21-16-24-15-20(21)13-8-14-22(23)19-11-6-3-7-12-19/h2-13,20,22-23H,14-16H2,1H3/b13-8-,21-17-. The molecule has 2 unspecified atom stereocenters. The van der Waals surface area contributed by atoms with Gasteiger partial charge < -0.3 is 9.84 Å². The van der Waals surface area contributed by atoms with E-state index < -0.39 is 6.10 Å². The summed E-state index contributed by atoms with van der Waals surface area (Å²) in [4.78, 5) is 0. The SMILES string of the molecule is C/C(=C1\COCC1/C=C\CC(O)c1ccccc1)c1ccccc1. The van der Waals surface area contributed by atoms with Crippen LogP contribution in [-0.4, -0.2) is 18.3 Å². The third kappa shape index (κ3) is 4.02. The van der Waals surface area contributed by atoms with Gasteiger partial charge in [0, 0.05) is 5.92 Å². The lowest BCUT2D eigenvalue weighted by Gasteiger charge is -2.11. The molecule has 2 atom stereocenters. The second kappa shape index (κ2) is 8.09. The number of aliphatic hydroxyl groups is 1. The van der Waals surface area contributed by atoms with Crippen LogP contribution in [0.5, 0.6) is 0 Å². The molecule has 2 aromatic rings. The molecule has 0 saturated carbocycles. The number of benzene rings is 2. The van der Waals surface area contributed by atoms with Gasteiger partial charge in [0.25, 0.3) is 0 Å². The number of hydrogen-bond donors (Lipinski definition) is 1. The van der Waals surface area contributed by atoms with E-state index >= 15 is 0 Å². The molecule has 1 saturated heterocycles. The van der Waals surface area contributed by atoms with Crippen LogP contribution >= 0.6 is 0 Å². The van der Waals surface area contributed by atoms with Crippen molar-refractivity contribution in [3.05, 3.63) is 89.5 Å². The van der Waals surface area contributed by atoms with Gasteiger partial charge in [0.1, 0.15) is 0 Å². The summed E-state index contributed by atoms with van der Waals surface area (Å²) in [5.74, 6) is 0.299. The Bertz CT molecular complexity index is 701. The van der Waals surface area contributed by atoms with Crippen LogP contribution in [0.2, 0.25) is 0 Å². The lowest BCUT2D eigenvalue weighted by Crippen LogP contribution is -2.01. The Hall–Kier alpha value is -2.16. The minimum Gasteiger partial charge on any atom is -0.388 e. The molecule has 1 fully saturated rings. The predicted molar refractivity (Wildman–Crippen MR) is 98.5 cm³/mol. The zero-order chi connectivity index (χ0) is 16.8. The van der Waals surface area contributed by atoms with Crippen LogP contribution in [0, 0.1) is 5.92 Å². The smallest absolute Gasteiger partial charge is 0.0824 e. The van der Waals surface area contributed by atoms with E-state index in [1.807, 2.05) is 36.4 Å². The van der Waals surface area contributed by atoms with Crippen molar-refractivity contribution in [1.29, 1.82) is 0 Å². The molecule has 2 heteroatoms. The number of allylic oxidation sites excluding steroid dienone is 1. The molecule has 1 aliphatic rings. The summed E-state index contributed by atoms with van der Waals surface area (Å²) in [6, 6.07) is 20.2. The highest BCUT2D eigenvalue weighted by Gasteiger charge is 2.21. The van der Waals surface area contributed by atoms with Gasteiger partial charge in [-0.05, 0) is 35.6 Å². The highest BCUT2D eigenvalue weighted by Crippen LogP contribution is 2.30. The van der Waals surface area contributed by atoms with Crippen LogP contribution in [0.25, 0.3) is 5.57 Å². The first-order valence-corrected chi connectivity index (χ1v) is 8.48. The van der Waals surface area contributed by atoms with Gasteiger partial charge in [0.05, 0.1) is 19.3 Å². The van der Waals surface area contributed by atoms with Gasteiger partial charge in [-0.25, -0.2) is 0 Å². The van der Waals surface area contributed by atoms with Crippen molar-refractivity contribution < 1.29 is 9.84 Å². The van der Waals surface area contributed by atoms with E-state index in [1.54, 1.807) is 0 Å². The van der Waals surface area contributed by atoms with Gasteiger partial charge in [-0.2, -0.15) is 0 Å². The normalized spacial score (nSPS) is 21.2. The van der Waals surface area contributed by atoms with Crippen molar-refractivity contribution >= 4 is 5.57 Å². The molecule has 1 aliphatic heterocycles. The molecule has 0 radical (unpaired) electrons. The van der Waals surface area contributed by atoms with Crippen molar-refractivity contribution in [2.24, 2.45) is 5.92 Å². The van der Waals surface area contributed by atoms with E-state index in [1.165, 1.54) is 16.7 Å². The lowest BCUT2D eigenvalue weighted by molar-refractivity contribution is 0.181. The third-order valence-corrected chi connectivity index (χ3v) is 4.60. The van der Waals surface area contributed by atoms with Gasteiger partial charge in [-0.3, -0.25) is 0 Å².